The molecule has 0 aliphatic heterocycles. The lowest BCUT2D eigenvalue weighted by Crippen LogP contribution is -2.22. The van der Waals surface area contributed by atoms with E-state index in [-0.39, 0.29) is 12.1 Å². The quantitative estimate of drug-likeness (QED) is 0.609. The minimum absolute atomic E-state index is 0.0395. The standard InChI is InChI=1S/C12H13BrO2/c13-10-7-4-8-11(10)15-12(14)9-5-2-1-3-6-9/h1-3,5-6,10-11H,4,7-8H2/t10-,11-/m0/s1. The van der Waals surface area contributed by atoms with E-state index in [1.54, 1.807) is 12.1 Å². The third-order valence-corrected chi connectivity index (χ3v) is 3.69. The molecule has 0 unspecified atom stereocenters. The summed E-state index contributed by atoms with van der Waals surface area (Å²) in [5.41, 5.74) is 0.629. The van der Waals surface area contributed by atoms with Crippen molar-refractivity contribution in [2.24, 2.45) is 0 Å². The Bertz CT molecular complexity index is 337. The van der Waals surface area contributed by atoms with Crippen molar-refractivity contribution in [1.82, 2.24) is 0 Å². The van der Waals surface area contributed by atoms with Gasteiger partial charge in [-0.1, -0.05) is 34.1 Å². The average molecular weight is 269 g/mol. The van der Waals surface area contributed by atoms with Crippen LogP contribution in [0.3, 0.4) is 0 Å². The Labute approximate surface area is 97.8 Å². The summed E-state index contributed by atoms with van der Waals surface area (Å²) in [6.07, 6.45) is 3.22. The molecule has 1 saturated carbocycles. The summed E-state index contributed by atoms with van der Waals surface area (Å²) < 4.78 is 5.42. The summed E-state index contributed by atoms with van der Waals surface area (Å²) in [5, 5.41) is 0. The Balaban J connectivity index is 1.98. The van der Waals surface area contributed by atoms with E-state index in [0.29, 0.717) is 10.4 Å². The summed E-state index contributed by atoms with van der Waals surface area (Å²) in [4.78, 5) is 12.0. The van der Waals surface area contributed by atoms with Gasteiger partial charge in [0.1, 0.15) is 6.10 Å². The normalized spacial score (nSPS) is 25.1. The lowest BCUT2D eigenvalue weighted by atomic mass is 10.2. The second-order valence-electron chi connectivity index (χ2n) is 3.76. The van der Waals surface area contributed by atoms with Gasteiger partial charge in [-0.15, -0.1) is 0 Å². The zero-order chi connectivity index (χ0) is 10.7. The highest BCUT2D eigenvalue weighted by molar-refractivity contribution is 9.09. The number of benzene rings is 1. The summed E-state index contributed by atoms with van der Waals surface area (Å²) in [6.45, 7) is 0. The first-order chi connectivity index (χ1) is 7.27. The van der Waals surface area contributed by atoms with Gasteiger partial charge < -0.3 is 4.74 Å². The highest BCUT2D eigenvalue weighted by atomic mass is 79.9. The lowest BCUT2D eigenvalue weighted by Gasteiger charge is -2.15. The summed E-state index contributed by atoms with van der Waals surface area (Å²) in [7, 11) is 0. The van der Waals surface area contributed by atoms with E-state index < -0.39 is 0 Å². The fraction of sp³-hybridized carbons (Fsp3) is 0.417. The van der Waals surface area contributed by atoms with Gasteiger partial charge in [0.05, 0.1) is 10.4 Å². The zero-order valence-corrected chi connectivity index (χ0v) is 9.94. The van der Waals surface area contributed by atoms with E-state index in [1.165, 1.54) is 0 Å². The Hall–Kier alpha value is -0.830. The topological polar surface area (TPSA) is 26.3 Å². The van der Waals surface area contributed by atoms with Gasteiger partial charge in [-0.2, -0.15) is 0 Å². The number of carbonyl (C=O) groups excluding carboxylic acids is 1. The van der Waals surface area contributed by atoms with Gasteiger partial charge in [0.2, 0.25) is 0 Å². The first kappa shape index (κ1) is 10.7. The van der Waals surface area contributed by atoms with Crippen molar-refractivity contribution in [3.8, 4) is 0 Å². The second kappa shape index (κ2) is 4.79. The van der Waals surface area contributed by atoms with Crippen LogP contribution in [0.25, 0.3) is 0 Å². The van der Waals surface area contributed by atoms with Gasteiger partial charge in [0.25, 0.3) is 0 Å². The second-order valence-corrected chi connectivity index (χ2v) is 4.93. The van der Waals surface area contributed by atoms with Crippen LogP contribution in [-0.2, 0) is 4.74 Å². The van der Waals surface area contributed by atoms with Gasteiger partial charge in [0, 0.05) is 0 Å². The van der Waals surface area contributed by atoms with E-state index in [4.69, 9.17) is 4.74 Å². The molecule has 0 heterocycles. The molecule has 1 fully saturated rings. The van der Waals surface area contributed by atoms with Crippen LogP contribution in [0.4, 0.5) is 0 Å². The zero-order valence-electron chi connectivity index (χ0n) is 8.36. The van der Waals surface area contributed by atoms with Crippen LogP contribution in [0.15, 0.2) is 30.3 Å². The molecule has 0 N–H and O–H groups in total. The number of hydrogen-bond donors (Lipinski definition) is 0. The number of halogens is 1. The number of hydrogen-bond acceptors (Lipinski definition) is 2. The Morgan fingerprint density at radius 1 is 1.27 bits per heavy atom. The predicted molar refractivity (Wildman–Crippen MR) is 62.2 cm³/mol. The number of rotatable bonds is 2. The molecule has 80 valence electrons. The number of alkyl halides is 1. The number of ether oxygens (including phenoxy) is 1. The van der Waals surface area contributed by atoms with Gasteiger partial charge in [-0.3, -0.25) is 0 Å². The largest absolute Gasteiger partial charge is 0.458 e. The predicted octanol–water partition coefficient (Wildman–Crippen LogP) is 3.16. The fourth-order valence-electron chi connectivity index (χ4n) is 1.79. The Kier molecular flexibility index (Phi) is 3.41. The smallest absolute Gasteiger partial charge is 0.338 e. The summed E-state index contributed by atoms with van der Waals surface area (Å²) in [6, 6.07) is 9.13. The van der Waals surface area contributed by atoms with Crippen LogP contribution in [-0.4, -0.2) is 16.9 Å². The first-order valence-corrected chi connectivity index (χ1v) is 6.09. The van der Waals surface area contributed by atoms with Crippen molar-refractivity contribution < 1.29 is 9.53 Å². The molecule has 0 amide bonds. The molecule has 3 heteroatoms. The lowest BCUT2D eigenvalue weighted by molar-refractivity contribution is 0.0331. The van der Waals surface area contributed by atoms with Crippen LogP contribution in [0.1, 0.15) is 29.6 Å². The van der Waals surface area contributed by atoms with Crippen LogP contribution in [0.2, 0.25) is 0 Å². The SMILES string of the molecule is O=C(O[C@H]1CCC[C@@H]1Br)c1ccccc1. The molecule has 1 aliphatic carbocycles. The monoisotopic (exact) mass is 268 g/mol. The highest BCUT2D eigenvalue weighted by Crippen LogP contribution is 2.28. The molecule has 1 aliphatic rings. The van der Waals surface area contributed by atoms with E-state index in [1.807, 2.05) is 18.2 Å². The van der Waals surface area contributed by atoms with E-state index in [9.17, 15) is 4.79 Å². The third-order valence-electron chi connectivity index (χ3n) is 2.64. The van der Waals surface area contributed by atoms with Crippen LogP contribution in [0, 0.1) is 0 Å². The molecule has 2 atom stereocenters. The molecule has 0 bridgehead atoms. The molecule has 0 saturated heterocycles. The third kappa shape index (κ3) is 2.59. The Morgan fingerprint density at radius 3 is 2.60 bits per heavy atom. The van der Waals surface area contributed by atoms with Crippen LogP contribution in [0.5, 0.6) is 0 Å². The first-order valence-electron chi connectivity index (χ1n) is 5.17. The van der Waals surface area contributed by atoms with Crippen molar-refractivity contribution in [2.45, 2.75) is 30.2 Å². The van der Waals surface area contributed by atoms with E-state index in [2.05, 4.69) is 15.9 Å². The number of esters is 1. The van der Waals surface area contributed by atoms with Gasteiger partial charge in [-0.25, -0.2) is 4.79 Å². The molecule has 1 aromatic carbocycles. The maximum absolute atomic E-state index is 11.7. The van der Waals surface area contributed by atoms with Gasteiger partial charge in [0.15, 0.2) is 0 Å². The average Bonchev–Trinajstić information content (AvgIpc) is 2.66. The summed E-state index contributed by atoms with van der Waals surface area (Å²) in [5.74, 6) is -0.216. The van der Waals surface area contributed by atoms with Crippen molar-refractivity contribution in [2.75, 3.05) is 0 Å². The minimum Gasteiger partial charge on any atom is -0.458 e. The van der Waals surface area contributed by atoms with Crippen LogP contribution >= 0.6 is 15.9 Å². The summed E-state index contributed by atoms with van der Waals surface area (Å²) >= 11 is 3.53. The minimum atomic E-state index is -0.216. The molecule has 2 nitrogen and oxygen atoms in total. The molecule has 15 heavy (non-hydrogen) atoms. The molecule has 0 spiro atoms. The van der Waals surface area contributed by atoms with Crippen LogP contribution < -0.4 is 0 Å². The molecule has 0 aromatic heterocycles. The van der Waals surface area contributed by atoms with Crippen molar-refractivity contribution in [3.05, 3.63) is 35.9 Å². The molecule has 2 rings (SSSR count). The fourth-order valence-corrected chi connectivity index (χ4v) is 2.49. The van der Waals surface area contributed by atoms with Gasteiger partial charge >= 0.3 is 5.97 Å². The molecular formula is C12H13BrO2. The van der Waals surface area contributed by atoms with E-state index in [0.717, 1.165) is 19.3 Å². The molecular weight excluding hydrogens is 256 g/mol. The van der Waals surface area contributed by atoms with Crippen molar-refractivity contribution in [1.29, 1.82) is 0 Å². The van der Waals surface area contributed by atoms with Crippen molar-refractivity contribution >= 4 is 21.9 Å². The van der Waals surface area contributed by atoms with Crippen molar-refractivity contribution in [3.63, 3.8) is 0 Å². The van der Waals surface area contributed by atoms with E-state index >= 15 is 0 Å². The highest BCUT2D eigenvalue weighted by Gasteiger charge is 2.28. The molecule has 0 radical (unpaired) electrons. The maximum Gasteiger partial charge on any atom is 0.338 e. The maximum atomic E-state index is 11.7. The van der Waals surface area contributed by atoms with Gasteiger partial charge in [-0.05, 0) is 31.4 Å². The Morgan fingerprint density at radius 2 is 2.00 bits per heavy atom. The number of carbonyl (C=O) groups is 1. The molecule has 1 aromatic rings.